The van der Waals surface area contributed by atoms with Crippen LogP contribution in [0.5, 0.6) is 17.2 Å². The number of unbranched alkanes of at least 4 members (excludes halogenated alkanes) is 2. The van der Waals surface area contributed by atoms with Gasteiger partial charge in [0.15, 0.2) is 11.5 Å². The van der Waals surface area contributed by atoms with Crippen molar-refractivity contribution in [1.82, 2.24) is 0 Å². The van der Waals surface area contributed by atoms with Gasteiger partial charge in [0, 0.05) is 23.5 Å². The molecule has 0 aliphatic carbocycles. The lowest BCUT2D eigenvalue weighted by Gasteiger charge is -2.25. The van der Waals surface area contributed by atoms with Gasteiger partial charge < -0.3 is 24.2 Å². The van der Waals surface area contributed by atoms with Crippen molar-refractivity contribution in [2.45, 2.75) is 25.7 Å². The molecule has 6 heteroatoms. The number of hydrogen-bond acceptors (Lipinski definition) is 5. The summed E-state index contributed by atoms with van der Waals surface area (Å²) in [6.07, 6.45) is 6.41. The van der Waals surface area contributed by atoms with Crippen LogP contribution in [-0.2, 0) is 4.79 Å². The summed E-state index contributed by atoms with van der Waals surface area (Å²) in [5.74, 6) is 0.944. The van der Waals surface area contributed by atoms with Crippen LogP contribution in [0.2, 0.25) is 0 Å². The van der Waals surface area contributed by atoms with E-state index in [9.17, 15) is 4.79 Å². The molecule has 0 aromatic heterocycles. The average Bonchev–Trinajstić information content (AvgIpc) is 2.99. The Kier molecular flexibility index (Phi) is 10.2. The molecule has 0 atom stereocenters. The van der Waals surface area contributed by atoms with Crippen LogP contribution >= 0.6 is 0 Å². The van der Waals surface area contributed by atoms with E-state index < -0.39 is 5.97 Å². The number of methoxy groups -OCH3 is 2. The molecule has 0 aliphatic heterocycles. The van der Waals surface area contributed by atoms with Crippen molar-refractivity contribution < 1.29 is 24.1 Å². The summed E-state index contributed by atoms with van der Waals surface area (Å²) in [6.45, 7) is 0.455. The Balaban J connectivity index is 1.48. The number of hydrogen-bond donors (Lipinski definition) is 1. The minimum absolute atomic E-state index is 0.175. The van der Waals surface area contributed by atoms with E-state index >= 15 is 0 Å². The van der Waals surface area contributed by atoms with Crippen molar-refractivity contribution in [3.8, 4) is 17.2 Å². The quantitative estimate of drug-likeness (QED) is 0.129. The minimum atomic E-state index is -0.773. The van der Waals surface area contributed by atoms with Gasteiger partial charge in [-0.1, -0.05) is 60.7 Å². The van der Waals surface area contributed by atoms with Gasteiger partial charge in [0.2, 0.25) is 5.75 Å². The average molecular weight is 538 g/mol. The lowest BCUT2D eigenvalue weighted by atomic mass is 10.1. The van der Waals surface area contributed by atoms with Crippen LogP contribution in [-0.4, -0.2) is 31.9 Å². The molecule has 0 heterocycles. The molecular weight excluding hydrogens is 502 g/mol. The molecule has 0 bridgehead atoms. The maximum Gasteiger partial charge on any atom is 0.303 e. The smallest absolute Gasteiger partial charge is 0.303 e. The summed E-state index contributed by atoms with van der Waals surface area (Å²) in [5, 5.41) is 8.78. The van der Waals surface area contributed by atoms with Crippen LogP contribution in [0.15, 0.2) is 97.1 Å². The summed E-state index contributed by atoms with van der Waals surface area (Å²) in [4.78, 5) is 12.9. The molecule has 0 amide bonds. The Bertz CT molecular complexity index is 1320. The van der Waals surface area contributed by atoms with Gasteiger partial charge in [0.1, 0.15) is 0 Å². The first-order chi connectivity index (χ1) is 19.6. The zero-order valence-corrected chi connectivity index (χ0v) is 23.0. The van der Waals surface area contributed by atoms with Crippen LogP contribution in [0.25, 0.3) is 12.2 Å². The first kappa shape index (κ1) is 28.3. The van der Waals surface area contributed by atoms with E-state index in [2.05, 4.69) is 59.5 Å². The van der Waals surface area contributed by atoms with Crippen molar-refractivity contribution in [2.24, 2.45) is 0 Å². The Morgan fingerprint density at radius 3 is 1.75 bits per heavy atom. The third-order valence-electron chi connectivity index (χ3n) is 6.41. The number of aliphatic carboxylic acids is 1. The third kappa shape index (κ3) is 7.67. The van der Waals surface area contributed by atoms with Crippen molar-refractivity contribution >= 4 is 35.2 Å². The molecule has 0 unspecified atom stereocenters. The second-order valence-electron chi connectivity index (χ2n) is 9.24. The summed E-state index contributed by atoms with van der Waals surface area (Å²) in [6, 6.07) is 32.9. The number of para-hydroxylation sites is 2. The van der Waals surface area contributed by atoms with Gasteiger partial charge >= 0.3 is 5.97 Å². The summed E-state index contributed by atoms with van der Waals surface area (Å²) in [5.41, 5.74) is 5.24. The molecule has 1 N–H and O–H groups in total. The number of nitrogens with zero attached hydrogens (tertiary/aromatic N) is 1. The maximum absolute atomic E-state index is 10.7. The predicted molar refractivity (Wildman–Crippen MR) is 161 cm³/mol. The van der Waals surface area contributed by atoms with E-state index in [0.29, 0.717) is 30.3 Å². The normalized spacial score (nSPS) is 10.8. The van der Waals surface area contributed by atoms with Crippen LogP contribution < -0.4 is 19.1 Å². The highest BCUT2D eigenvalue weighted by Crippen LogP contribution is 2.39. The van der Waals surface area contributed by atoms with Gasteiger partial charge in [-0.15, -0.1) is 0 Å². The van der Waals surface area contributed by atoms with E-state index in [4.69, 9.17) is 19.3 Å². The Hall–Kier alpha value is -4.71. The highest BCUT2D eigenvalue weighted by atomic mass is 16.5. The monoisotopic (exact) mass is 537 g/mol. The van der Waals surface area contributed by atoms with Gasteiger partial charge in [0.25, 0.3) is 0 Å². The SMILES string of the molecule is COc1cc(C=Cc2ccc(N(c3ccccc3)c3ccccc3)cc2)cc(OC)c1OCCCCCC(=O)O. The number of rotatable bonds is 14. The van der Waals surface area contributed by atoms with Gasteiger partial charge in [0.05, 0.1) is 20.8 Å². The molecule has 6 nitrogen and oxygen atoms in total. The molecule has 4 rings (SSSR count). The molecule has 0 radical (unpaired) electrons. The van der Waals surface area contributed by atoms with E-state index in [1.807, 2.05) is 54.6 Å². The third-order valence-corrected chi connectivity index (χ3v) is 6.41. The van der Waals surface area contributed by atoms with Crippen molar-refractivity contribution in [1.29, 1.82) is 0 Å². The lowest BCUT2D eigenvalue weighted by molar-refractivity contribution is -0.137. The second-order valence-corrected chi connectivity index (χ2v) is 9.24. The number of carboxylic acids is 1. The fourth-order valence-corrected chi connectivity index (χ4v) is 4.40. The fraction of sp³-hybridized carbons (Fsp3) is 0.206. The number of anilines is 3. The summed E-state index contributed by atoms with van der Waals surface area (Å²) < 4.78 is 17.1. The number of benzene rings is 4. The molecular formula is C34H35NO5. The van der Waals surface area contributed by atoms with Crippen molar-refractivity contribution in [3.63, 3.8) is 0 Å². The lowest BCUT2D eigenvalue weighted by Crippen LogP contribution is -2.09. The van der Waals surface area contributed by atoms with Gasteiger partial charge in [-0.25, -0.2) is 0 Å². The van der Waals surface area contributed by atoms with E-state index in [1.165, 1.54) is 0 Å². The topological polar surface area (TPSA) is 68.2 Å². The zero-order valence-electron chi connectivity index (χ0n) is 23.0. The highest BCUT2D eigenvalue weighted by molar-refractivity contribution is 5.78. The summed E-state index contributed by atoms with van der Waals surface area (Å²) in [7, 11) is 3.21. The highest BCUT2D eigenvalue weighted by Gasteiger charge is 2.14. The van der Waals surface area contributed by atoms with Crippen molar-refractivity contribution in [2.75, 3.05) is 25.7 Å². The molecule has 4 aromatic carbocycles. The molecule has 0 aliphatic rings. The first-order valence-electron chi connectivity index (χ1n) is 13.4. The van der Waals surface area contributed by atoms with Crippen molar-refractivity contribution in [3.05, 3.63) is 108 Å². The maximum atomic E-state index is 10.7. The van der Waals surface area contributed by atoms with Crippen LogP contribution in [0, 0.1) is 0 Å². The minimum Gasteiger partial charge on any atom is -0.493 e. The Morgan fingerprint density at radius 1 is 0.700 bits per heavy atom. The number of carboxylic acid groups (broad SMARTS) is 1. The van der Waals surface area contributed by atoms with Gasteiger partial charge in [-0.05, 0) is 78.9 Å². The van der Waals surface area contributed by atoms with E-state index in [0.717, 1.165) is 41.0 Å². The number of ether oxygens (including phenoxy) is 3. The standard InChI is InChI=1S/C34H35NO5/c1-38-31-24-27(25-32(39-2)34(31)40-23-11-5-10-16-33(36)37)18-17-26-19-21-30(22-20-26)35(28-12-6-3-7-13-28)29-14-8-4-9-15-29/h3-4,6-9,12-15,17-22,24-25H,5,10-11,16,23H2,1-2H3,(H,36,37). The molecule has 0 fully saturated rings. The number of carbonyl (C=O) groups is 1. The van der Waals surface area contributed by atoms with Crippen LogP contribution in [0.3, 0.4) is 0 Å². The Morgan fingerprint density at radius 2 is 1.23 bits per heavy atom. The van der Waals surface area contributed by atoms with Gasteiger partial charge in [-0.3, -0.25) is 4.79 Å². The molecule has 40 heavy (non-hydrogen) atoms. The molecule has 0 spiro atoms. The van der Waals surface area contributed by atoms with E-state index in [-0.39, 0.29) is 6.42 Å². The van der Waals surface area contributed by atoms with Crippen LogP contribution in [0.1, 0.15) is 36.8 Å². The molecule has 4 aromatic rings. The fourth-order valence-electron chi connectivity index (χ4n) is 4.40. The van der Waals surface area contributed by atoms with Gasteiger partial charge in [-0.2, -0.15) is 0 Å². The largest absolute Gasteiger partial charge is 0.493 e. The Labute approximate surface area is 236 Å². The van der Waals surface area contributed by atoms with Crippen LogP contribution in [0.4, 0.5) is 17.1 Å². The first-order valence-corrected chi connectivity index (χ1v) is 13.4. The second kappa shape index (κ2) is 14.4. The summed E-state index contributed by atoms with van der Waals surface area (Å²) >= 11 is 0. The molecule has 0 saturated heterocycles. The van der Waals surface area contributed by atoms with E-state index in [1.54, 1.807) is 14.2 Å². The predicted octanol–water partition coefficient (Wildman–Crippen LogP) is 8.37. The molecule has 0 saturated carbocycles. The zero-order chi connectivity index (χ0) is 28.2. The molecule has 206 valence electrons.